The van der Waals surface area contributed by atoms with E-state index in [1.54, 1.807) is 44.2 Å². The number of carbonyl (C=O) groups excluding carboxylic acids is 4. The Balaban J connectivity index is 1.51. The zero-order valence-electron chi connectivity index (χ0n) is 21.8. The number of hydrogen-bond donors (Lipinski definition) is 2. The molecule has 0 atom stereocenters. The van der Waals surface area contributed by atoms with Gasteiger partial charge in [-0.2, -0.15) is 0 Å². The van der Waals surface area contributed by atoms with Crippen LogP contribution in [0.1, 0.15) is 51.3 Å². The molecule has 1 aliphatic rings. The molecule has 206 valence electrons. The van der Waals surface area contributed by atoms with Crippen LogP contribution in [0.15, 0.2) is 60.7 Å². The first kappa shape index (κ1) is 27.8. The average Bonchev–Trinajstić information content (AvgIpc) is 3.19. The topological polar surface area (TPSA) is 157 Å². The van der Waals surface area contributed by atoms with Crippen LogP contribution in [0.5, 0.6) is 11.5 Å². The maximum Gasteiger partial charge on any atom is 0.282 e. The highest BCUT2D eigenvalue weighted by atomic mass is 16.6. The standard InChI is InChI=1S/C28H26N4O8/c1-3-39-22-16-20(30-26(34)17-9-6-5-7-10-17)23(40-4-2)15-19(22)29-24(33)13-14-31-27(35)18-11-8-12-21(32(37)38)25(18)28(31)36/h5-12,15-16H,3-4,13-14H2,1-2H3,(H,29,33)(H,30,34). The normalized spacial score (nSPS) is 12.1. The summed E-state index contributed by atoms with van der Waals surface area (Å²) in [7, 11) is 0. The molecule has 0 aliphatic carbocycles. The molecular formula is C28H26N4O8. The summed E-state index contributed by atoms with van der Waals surface area (Å²) in [6.45, 7) is 3.77. The molecule has 0 fully saturated rings. The zero-order chi connectivity index (χ0) is 28.8. The van der Waals surface area contributed by atoms with E-state index in [1.165, 1.54) is 24.3 Å². The van der Waals surface area contributed by atoms with E-state index in [4.69, 9.17) is 9.47 Å². The van der Waals surface area contributed by atoms with E-state index in [0.717, 1.165) is 11.0 Å². The molecule has 0 radical (unpaired) electrons. The summed E-state index contributed by atoms with van der Waals surface area (Å²) in [6, 6.07) is 15.5. The average molecular weight is 547 g/mol. The summed E-state index contributed by atoms with van der Waals surface area (Å²) in [6.07, 6.45) is -0.276. The Morgan fingerprint density at radius 1 is 0.875 bits per heavy atom. The number of nitrogens with zero attached hydrogens (tertiary/aromatic N) is 2. The Morgan fingerprint density at radius 2 is 1.50 bits per heavy atom. The molecule has 2 N–H and O–H groups in total. The minimum Gasteiger partial charge on any atom is -0.492 e. The number of nitro groups is 1. The quantitative estimate of drug-likeness (QED) is 0.205. The van der Waals surface area contributed by atoms with Crippen molar-refractivity contribution in [2.45, 2.75) is 20.3 Å². The lowest BCUT2D eigenvalue weighted by Crippen LogP contribution is -2.33. The van der Waals surface area contributed by atoms with E-state index in [-0.39, 0.29) is 60.4 Å². The number of nitro benzene ring substituents is 1. The number of nitrogens with one attached hydrogen (secondary N) is 2. The van der Waals surface area contributed by atoms with E-state index in [0.29, 0.717) is 11.3 Å². The molecule has 3 aromatic rings. The smallest absolute Gasteiger partial charge is 0.282 e. The fourth-order valence-electron chi connectivity index (χ4n) is 4.19. The Bertz CT molecular complexity index is 1490. The second-order valence-electron chi connectivity index (χ2n) is 8.55. The molecule has 4 rings (SSSR count). The van der Waals surface area contributed by atoms with Crippen LogP contribution in [0.4, 0.5) is 17.1 Å². The summed E-state index contributed by atoms with van der Waals surface area (Å²) in [5.74, 6) is -1.88. The molecule has 4 amide bonds. The van der Waals surface area contributed by atoms with Crippen molar-refractivity contribution in [3.05, 3.63) is 87.5 Å². The first-order valence-electron chi connectivity index (χ1n) is 12.5. The predicted molar refractivity (Wildman–Crippen MR) is 145 cm³/mol. The number of hydrogen-bond acceptors (Lipinski definition) is 8. The van der Waals surface area contributed by atoms with Gasteiger partial charge in [0.25, 0.3) is 23.4 Å². The molecule has 0 saturated carbocycles. The number of ether oxygens (including phenoxy) is 2. The molecule has 1 aliphatic heterocycles. The molecule has 3 aromatic carbocycles. The maximum atomic E-state index is 12.9. The lowest BCUT2D eigenvalue weighted by Gasteiger charge is -2.18. The van der Waals surface area contributed by atoms with E-state index in [9.17, 15) is 29.3 Å². The number of rotatable bonds is 11. The third kappa shape index (κ3) is 5.75. The van der Waals surface area contributed by atoms with Gasteiger partial charge in [0.1, 0.15) is 17.1 Å². The Labute approximate surface area is 229 Å². The second-order valence-corrected chi connectivity index (χ2v) is 8.55. The minimum absolute atomic E-state index is 0.0762. The van der Waals surface area contributed by atoms with Gasteiger partial charge < -0.3 is 20.1 Å². The van der Waals surface area contributed by atoms with E-state index in [1.807, 2.05) is 0 Å². The highest BCUT2D eigenvalue weighted by Gasteiger charge is 2.40. The molecule has 0 spiro atoms. The van der Waals surface area contributed by atoms with E-state index >= 15 is 0 Å². The van der Waals surface area contributed by atoms with Crippen LogP contribution in [-0.2, 0) is 4.79 Å². The second kappa shape index (κ2) is 12.1. The van der Waals surface area contributed by atoms with Crippen LogP contribution in [0.25, 0.3) is 0 Å². The lowest BCUT2D eigenvalue weighted by atomic mass is 10.1. The molecular weight excluding hydrogens is 520 g/mol. The Morgan fingerprint density at radius 3 is 2.10 bits per heavy atom. The van der Waals surface area contributed by atoms with Crippen LogP contribution in [-0.4, -0.2) is 53.2 Å². The first-order chi connectivity index (χ1) is 19.2. The van der Waals surface area contributed by atoms with Crippen LogP contribution in [0.3, 0.4) is 0 Å². The number of anilines is 2. The monoisotopic (exact) mass is 546 g/mol. The van der Waals surface area contributed by atoms with Crippen molar-refractivity contribution in [2.24, 2.45) is 0 Å². The van der Waals surface area contributed by atoms with Gasteiger partial charge in [0, 0.05) is 36.7 Å². The minimum atomic E-state index is -0.827. The summed E-state index contributed by atoms with van der Waals surface area (Å²) in [5, 5.41) is 16.8. The molecule has 0 aromatic heterocycles. The summed E-state index contributed by atoms with van der Waals surface area (Å²) >= 11 is 0. The highest BCUT2D eigenvalue weighted by molar-refractivity contribution is 6.23. The Hall–Kier alpha value is -5.26. The van der Waals surface area contributed by atoms with Gasteiger partial charge in [0.05, 0.1) is 35.1 Å². The predicted octanol–water partition coefficient (Wildman–Crippen LogP) is 4.27. The summed E-state index contributed by atoms with van der Waals surface area (Å²) in [5.41, 5.74) is 0.209. The van der Waals surface area contributed by atoms with Gasteiger partial charge in [-0.3, -0.25) is 34.2 Å². The largest absolute Gasteiger partial charge is 0.492 e. The third-order valence-corrected chi connectivity index (χ3v) is 5.98. The van der Waals surface area contributed by atoms with E-state index < -0.39 is 28.3 Å². The number of imide groups is 1. The van der Waals surface area contributed by atoms with Crippen molar-refractivity contribution in [1.29, 1.82) is 0 Å². The van der Waals surface area contributed by atoms with Gasteiger partial charge in [-0.15, -0.1) is 0 Å². The first-order valence-corrected chi connectivity index (χ1v) is 12.5. The van der Waals surface area contributed by atoms with Crippen molar-refractivity contribution in [1.82, 2.24) is 4.90 Å². The zero-order valence-corrected chi connectivity index (χ0v) is 21.8. The number of benzene rings is 3. The van der Waals surface area contributed by atoms with Crippen molar-refractivity contribution < 1.29 is 33.6 Å². The van der Waals surface area contributed by atoms with Gasteiger partial charge in [0.15, 0.2) is 0 Å². The lowest BCUT2D eigenvalue weighted by molar-refractivity contribution is -0.385. The fourth-order valence-corrected chi connectivity index (χ4v) is 4.19. The number of carbonyl (C=O) groups is 4. The van der Waals surface area contributed by atoms with Crippen LogP contribution >= 0.6 is 0 Å². The highest BCUT2D eigenvalue weighted by Crippen LogP contribution is 2.37. The van der Waals surface area contributed by atoms with Gasteiger partial charge in [-0.05, 0) is 32.0 Å². The van der Waals surface area contributed by atoms with Crippen LogP contribution in [0.2, 0.25) is 0 Å². The fraction of sp³-hybridized carbons (Fsp3) is 0.214. The van der Waals surface area contributed by atoms with Crippen molar-refractivity contribution in [2.75, 3.05) is 30.4 Å². The van der Waals surface area contributed by atoms with Crippen LogP contribution in [0, 0.1) is 10.1 Å². The molecule has 1 heterocycles. The molecule has 0 saturated heterocycles. The molecule has 0 bridgehead atoms. The van der Waals surface area contributed by atoms with Gasteiger partial charge >= 0.3 is 0 Å². The van der Waals surface area contributed by atoms with Crippen molar-refractivity contribution in [3.8, 4) is 11.5 Å². The van der Waals surface area contributed by atoms with Gasteiger partial charge in [-0.25, -0.2) is 0 Å². The molecule has 12 heteroatoms. The Kier molecular flexibility index (Phi) is 8.38. The SMILES string of the molecule is CCOc1cc(NC(=O)c2ccccc2)c(OCC)cc1NC(=O)CCN1C(=O)c2cccc([N+](=O)[O-])c2C1=O. The number of amides is 4. The maximum absolute atomic E-state index is 12.9. The summed E-state index contributed by atoms with van der Waals surface area (Å²) in [4.78, 5) is 62.5. The van der Waals surface area contributed by atoms with E-state index in [2.05, 4.69) is 10.6 Å². The van der Waals surface area contributed by atoms with Crippen LogP contribution < -0.4 is 20.1 Å². The summed E-state index contributed by atoms with van der Waals surface area (Å²) < 4.78 is 11.4. The molecule has 0 unspecified atom stereocenters. The van der Waals surface area contributed by atoms with Gasteiger partial charge in [-0.1, -0.05) is 24.3 Å². The third-order valence-electron chi connectivity index (χ3n) is 5.98. The molecule has 40 heavy (non-hydrogen) atoms. The molecule has 12 nitrogen and oxygen atoms in total. The number of fused-ring (bicyclic) bond motifs is 1. The van der Waals surface area contributed by atoms with Crippen molar-refractivity contribution in [3.63, 3.8) is 0 Å². The van der Waals surface area contributed by atoms with Gasteiger partial charge in [0.2, 0.25) is 5.91 Å². The van der Waals surface area contributed by atoms with Crippen molar-refractivity contribution >= 4 is 40.7 Å².